The van der Waals surface area contributed by atoms with Crippen molar-refractivity contribution < 1.29 is 14.6 Å². The summed E-state index contributed by atoms with van der Waals surface area (Å²) in [5.41, 5.74) is 4.87. The Balaban J connectivity index is 1.41. The molecule has 2 saturated carbocycles. The van der Waals surface area contributed by atoms with E-state index in [9.17, 15) is 9.90 Å². The van der Waals surface area contributed by atoms with Crippen molar-refractivity contribution in [2.75, 3.05) is 13.2 Å². The summed E-state index contributed by atoms with van der Waals surface area (Å²) in [5.74, 6) is 1.38. The Bertz CT molecular complexity index is 1230. The van der Waals surface area contributed by atoms with E-state index in [0.717, 1.165) is 49.1 Å². The van der Waals surface area contributed by atoms with Crippen LogP contribution in [0.1, 0.15) is 86.0 Å². The van der Waals surface area contributed by atoms with E-state index in [4.69, 9.17) is 4.74 Å². The molecule has 3 aliphatic rings. The lowest BCUT2D eigenvalue weighted by molar-refractivity contribution is 0.00526. The molecule has 5 heteroatoms. The normalized spacial score (nSPS) is 19.9. The van der Waals surface area contributed by atoms with E-state index in [-0.39, 0.29) is 5.91 Å². The first-order valence-corrected chi connectivity index (χ1v) is 13.5. The maximum absolute atomic E-state index is 13.2. The van der Waals surface area contributed by atoms with Gasteiger partial charge in [0.25, 0.3) is 5.91 Å². The number of nitrogens with zero attached hydrogens (tertiary/aromatic N) is 1. The molecule has 2 fully saturated rings. The lowest BCUT2D eigenvalue weighted by Gasteiger charge is -2.32. The van der Waals surface area contributed by atoms with Gasteiger partial charge in [-0.2, -0.15) is 0 Å². The van der Waals surface area contributed by atoms with Gasteiger partial charge in [0.1, 0.15) is 12.4 Å². The van der Waals surface area contributed by atoms with Crippen molar-refractivity contribution in [2.24, 2.45) is 0 Å². The molecular formula is C30H36N2O3. The van der Waals surface area contributed by atoms with Gasteiger partial charge in [0, 0.05) is 28.6 Å². The lowest BCUT2D eigenvalue weighted by Crippen LogP contribution is -2.44. The van der Waals surface area contributed by atoms with Gasteiger partial charge in [-0.1, -0.05) is 56.7 Å². The van der Waals surface area contributed by atoms with Gasteiger partial charge >= 0.3 is 0 Å². The molecule has 1 aliphatic heterocycles. The number of ether oxygens (including phenoxy) is 1. The fraction of sp³-hybridized carbons (Fsp3) is 0.500. The number of carbonyl (C=O) groups is 1. The smallest absolute Gasteiger partial charge is 0.251 e. The van der Waals surface area contributed by atoms with Crippen molar-refractivity contribution in [1.29, 1.82) is 0 Å². The molecule has 0 radical (unpaired) electrons. The van der Waals surface area contributed by atoms with Crippen LogP contribution < -0.4 is 10.1 Å². The highest BCUT2D eigenvalue weighted by Crippen LogP contribution is 2.47. The third-order valence-corrected chi connectivity index (χ3v) is 8.46. The minimum absolute atomic E-state index is 0.106. The van der Waals surface area contributed by atoms with E-state index in [2.05, 4.69) is 40.2 Å². The van der Waals surface area contributed by atoms with E-state index in [1.54, 1.807) is 0 Å². The molecule has 0 spiro atoms. The van der Waals surface area contributed by atoms with Gasteiger partial charge in [-0.15, -0.1) is 0 Å². The standard InChI is InChI=1S/C30H36N2O3/c33-29(31-20-30(34)15-7-2-8-16-30)22-13-14-23-25(19-22)32-17-18-35-26-12-6-5-11-24(26)28(32)27(23)21-9-3-1-4-10-21/h5-6,11-14,19,21,34H,1-4,7-10,15-18,20H2,(H,31,33). The Kier molecular flexibility index (Phi) is 6.05. The summed E-state index contributed by atoms with van der Waals surface area (Å²) in [7, 11) is 0. The van der Waals surface area contributed by atoms with Gasteiger partial charge in [0.2, 0.25) is 0 Å². The molecule has 0 bridgehead atoms. The van der Waals surface area contributed by atoms with Gasteiger partial charge in [-0.25, -0.2) is 0 Å². The number of amides is 1. The van der Waals surface area contributed by atoms with Crippen LogP contribution in [0.5, 0.6) is 5.75 Å². The van der Waals surface area contributed by atoms with Gasteiger partial charge in [-0.05, 0) is 61.4 Å². The number of rotatable bonds is 4. The van der Waals surface area contributed by atoms with Crippen molar-refractivity contribution in [3.63, 3.8) is 0 Å². The van der Waals surface area contributed by atoms with Gasteiger partial charge < -0.3 is 19.7 Å². The number of aliphatic hydroxyl groups is 1. The van der Waals surface area contributed by atoms with Gasteiger partial charge in [0.15, 0.2) is 0 Å². The zero-order valence-corrected chi connectivity index (χ0v) is 20.5. The maximum Gasteiger partial charge on any atom is 0.251 e. The maximum atomic E-state index is 13.2. The number of nitrogens with one attached hydrogen (secondary N) is 1. The zero-order valence-electron chi connectivity index (χ0n) is 20.5. The summed E-state index contributed by atoms with van der Waals surface area (Å²) in [5, 5.41) is 15.1. The first kappa shape index (κ1) is 22.7. The topological polar surface area (TPSA) is 63.5 Å². The highest BCUT2D eigenvalue weighted by atomic mass is 16.5. The molecule has 0 saturated heterocycles. The van der Waals surface area contributed by atoms with Crippen molar-refractivity contribution in [3.8, 4) is 17.0 Å². The van der Waals surface area contributed by atoms with Crippen LogP contribution in [0.15, 0.2) is 42.5 Å². The second-order valence-corrected chi connectivity index (χ2v) is 10.8. The van der Waals surface area contributed by atoms with Crippen LogP contribution in [0.25, 0.3) is 22.2 Å². The van der Waals surface area contributed by atoms with E-state index < -0.39 is 5.60 Å². The number of hydrogen-bond acceptors (Lipinski definition) is 3. The van der Waals surface area contributed by atoms with Crippen LogP contribution in [-0.4, -0.2) is 34.3 Å². The largest absolute Gasteiger partial charge is 0.491 e. The van der Waals surface area contributed by atoms with Crippen LogP contribution in [0.4, 0.5) is 0 Å². The average molecular weight is 473 g/mol. The fourth-order valence-electron chi connectivity index (χ4n) is 6.61. The van der Waals surface area contributed by atoms with Crippen molar-refractivity contribution in [2.45, 2.75) is 82.3 Å². The van der Waals surface area contributed by atoms with Crippen molar-refractivity contribution in [3.05, 3.63) is 53.6 Å². The third-order valence-electron chi connectivity index (χ3n) is 8.46. The van der Waals surface area contributed by atoms with Crippen molar-refractivity contribution >= 4 is 16.8 Å². The molecule has 2 aromatic carbocycles. The lowest BCUT2D eigenvalue weighted by atomic mass is 9.81. The summed E-state index contributed by atoms with van der Waals surface area (Å²) in [6.45, 7) is 1.70. The number of fused-ring (bicyclic) bond motifs is 5. The molecule has 5 nitrogen and oxygen atoms in total. The van der Waals surface area contributed by atoms with Crippen molar-refractivity contribution in [1.82, 2.24) is 9.88 Å². The molecule has 2 aliphatic carbocycles. The monoisotopic (exact) mass is 472 g/mol. The predicted molar refractivity (Wildman–Crippen MR) is 139 cm³/mol. The molecule has 1 amide bonds. The highest BCUT2D eigenvalue weighted by molar-refractivity contribution is 6.01. The molecule has 2 heterocycles. The molecule has 0 atom stereocenters. The number of benzene rings is 2. The number of aromatic nitrogens is 1. The summed E-state index contributed by atoms with van der Waals surface area (Å²) in [6, 6.07) is 14.6. The SMILES string of the molecule is O=C(NCC1(O)CCCCC1)c1ccc2c(C3CCCCC3)c3n(c2c1)CCOc1ccccc1-3. The Morgan fingerprint density at radius 1 is 1.03 bits per heavy atom. The third kappa shape index (κ3) is 4.24. The summed E-state index contributed by atoms with van der Waals surface area (Å²) in [6.07, 6.45) is 11.1. The molecule has 2 N–H and O–H groups in total. The van der Waals surface area contributed by atoms with Gasteiger partial charge in [-0.3, -0.25) is 4.79 Å². The number of hydrogen-bond donors (Lipinski definition) is 2. The number of para-hydroxylation sites is 1. The summed E-state index contributed by atoms with van der Waals surface area (Å²) in [4.78, 5) is 13.2. The molecule has 184 valence electrons. The first-order valence-electron chi connectivity index (χ1n) is 13.5. The zero-order chi connectivity index (χ0) is 23.8. The summed E-state index contributed by atoms with van der Waals surface area (Å²) >= 11 is 0. The molecule has 1 aromatic heterocycles. The van der Waals surface area contributed by atoms with E-state index in [1.807, 2.05) is 12.1 Å². The average Bonchev–Trinajstić information content (AvgIpc) is 3.09. The Morgan fingerprint density at radius 2 is 1.80 bits per heavy atom. The van der Waals surface area contributed by atoms with Crippen LogP contribution in [0.2, 0.25) is 0 Å². The minimum Gasteiger partial charge on any atom is -0.491 e. The molecule has 6 rings (SSSR count). The van der Waals surface area contributed by atoms with Gasteiger partial charge in [0.05, 0.1) is 17.8 Å². The molecular weight excluding hydrogens is 436 g/mol. The fourth-order valence-corrected chi connectivity index (χ4v) is 6.61. The first-order chi connectivity index (χ1) is 17.1. The van der Waals surface area contributed by atoms with Crippen LogP contribution in [0.3, 0.4) is 0 Å². The predicted octanol–water partition coefficient (Wildman–Crippen LogP) is 6.17. The van der Waals surface area contributed by atoms with E-state index in [1.165, 1.54) is 55.2 Å². The second-order valence-electron chi connectivity index (χ2n) is 10.8. The van der Waals surface area contributed by atoms with Crippen LogP contribution in [0, 0.1) is 0 Å². The van der Waals surface area contributed by atoms with Crippen LogP contribution >= 0.6 is 0 Å². The Morgan fingerprint density at radius 3 is 2.63 bits per heavy atom. The molecule has 0 unspecified atom stereocenters. The summed E-state index contributed by atoms with van der Waals surface area (Å²) < 4.78 is 8.53. The van der Waals surface area contributed by atoms with E-state index in [0.29, 0.717) is 24.6 Å². The second kappa shape index (κ2) is 9.34. The Hall–Kier alpha value is -2.79. The molecule has 35 heavy (non-hydrogen) atoms. The highest BCUT2D eigenvalue weighted by Gasteiger charge is 2.31. The van der Waals surface area contributed by atoms with Crippen LogP contribution in [-0.2, 0) is 6.54 Å². The number of carbonyl (C=O) groups excluding carboxylic acids is 1. The minimum atomic E-state index is -0.765. The molecule has 3 aromatic rings. The Labute approximate surface area is 207 Å². The quantitative estimate of drug-likeness (QED) is 0.477. The van der Waals surface area contributed by atoms with E-state index >= 15 is 0 Å².